The molecule has 0 spiro atoms. The third-order valence-electron chi connectivity index (χ3n) is 7.37. The Hall–Kier alpha value is -2.98. The summed E-state index contributed by atoms with van der Waals surface area (Å²) in [5, 5.41) is 18.1. The van der Waals surface area contributed by atoms with E-state index in [-0.39, 0.29) is 18.6 Å². The number of carbonyl (C=O) groups is 4. The van der Waals surface area contributed by atoms with Gasteiger partial charge in [-0.3, -0.25) is 19.2 Å². The molecule has 2 aliphatic rings. The van der Waals surface area contributed by atoms with Crippen LogP contribution < -0.4 is 20.7 Å². The van der Waals surface area contributed by atoms with Gasteiger partial charge in [0, 0.05) is 6.42 Å². The van der Waals surface area contributed by atoms with Crippen LogP contribution in [-0.4, -0.2) is 71.7 Å². The van der Waals surface area contributed by atoms with Crippen LogP contribution in [0.15, 0.2) is 24.3 Å². The Kier molecular flexibility index (Phi) is 10.1. The minimum atomic E-state index is -1.22. The standard InChI is InChI=1S/C29H43N3O7/c1-18(30-24(33)16-28(2,3)37)26(35)32-23(15-20-10-12-21(38-5)13-11-20)27(36)31-22(14-19-8-6-7-9-19)25(34)29(4)17-39-29/h10-13,18-19,22-23,37H,6-9,14-17H2,1-5H3,(H,30,33)(H,31,36)(H,32,35)/t18-,22-,23-,29+/m0/s1. The third kappa shape index (κ3) is 9.32. The Balaban J connectivity index is 1.75. The summed E-state index contributed by atoms with van der Waals surface area (Å²) in [6, 6.07) is 4.49. The highest BCUT2D eigenvalue weighted by Crippen LogP contribution is 2.33. The van der Waals surface area contributed by atoms with E-state index in [4.69, 9.17) is 9.47 Å². The number of ketones is 1. The summed E-state index contributed by atoms with van der Waals surface area (Å²) < 4.78 is 10.6. The Bertz CT molecular complexity index is 1020. The zero-order valence-corrected chi connectivity index (χ0v) is 23.7. The predicted molar refractivity (Wildman–Crippen MR) is 145 cm³/mol. The number of benzene rings is 1. The van der Waals surface area contributed by atoms with Gasteiger partial charge in [0.05, 0.1) is 31.8 Å². The smallest absolute Gasteiger partial charge is 0.243 e. The van der Waals surface area contributed by atoms with E-state index in [2.05, 4.69) is 16.0 Å². The number of amides is 3. The second-order valence-electron chi connectivity index (χ2n) is 11.7. The summed E-state index contributed by atoms with van der Waals surface area (Å²) in [4.78, 5) is 52.1. The molecule has 0 bridgehead atoms. The molecule has 1 aromatic carbocycles. The van der Waals surface area contributed by atoms with Crippen LogP contribution >= 0.6 is 0 Å². The quantitative estimate of drug-likeness (QED) is 0.261. The Morgan fingerprint density at radius 2 is 1.64 bits per heavy atom. The molecule has 1 aliphatic heterocycles. The van der Waals surface area contributed by atoms with Crippen molar-refractivity contribution in [1.29, 1.82) is 0 Å². The average Bonchev–Trinajstić information content (AvgIpc) is 3.40. The van der Waals surface area contributed by atoms with Gasteiger partial charge in [-0.05, 0) is 57.7 Å². The second-order valence-corrected chi connectivity index (χ2v) is 11.7. The van der Waals surface area contributed by atoms with Crippen molar-refractivity contribution in [2.24, 2.45) is 5.92 Å². The highest BCUT2D eigenvalue weighted by molar-refractivity contribution is 5.98. The lowest BCUT2D eigenvalue weighted by molar-refractivity contribution is -0.134. The summed E-state index contributed by atoms with van der Waals surface area (Å²) in [7, 11) is 1.56. The molecule has 216 valence electrons. The van der Waals surface area contributed by atoms with E-state index < -0.39 is 47.0 Å². The minimum absolute atomic E-state index is 0.149. The molecule has 1 saturated carbocycles. The molecule has 3 amide bonds. The number of rotatable bonds is 14. The van der Waals surface area contributed by atoms with Crippen LogP contribution in [0.25, 0.3) is 0 Å². The van der Waals surface area contributed by atoms with Crippen LogP contribution in [0.1, 0.15) is 71.8 Å². The highest BCUT2D eigenvalue weighted by Gasteiger charge is 2.50. The van der Waals surface area contributed by atoms with Crippen molar-refractivity contribution < 1.29 is 33.8 Å². The van der Waals surface area contributed by atoms with E-state index >= 15 is 0 Å². The Labute approximate surface area is 230 Å². The van der Waals surface area contributed by atoms with Gasteiger partial charge < -0.3 is 30.5 Å². The van der Waals surface area contributed by atoms with E-state index in [1.54, 1.807) is 38.3 Å². The number of nitrogens with one attached hydrogen (secondary N) is 3. The summed E-state index contributed by atoms with van der Waals surface area (Å²) in [5.41, 5.74) is -1.32. The molecule has 1 heterocycles. The average molecular weight is 546 g/mol. The summed E-state index contributed by atoms with van der Waals surface area (Å²) in [6.45, 7) is 6.58. The van der Waals surface area contributed by atoms with Gasteiger partial charge in [-0.1, -0.05) is 37.8 Å². The maximum atomic E-state index is 13.6. The number of carbonyl (C=O) groups excluding carboxylic acids is 4. The number of hydrogen-bond acceptors (Lipinski definition) is 7. The lowest BCUT2D eigenvalue weighted by Crippen LogP contribution is -2.57. The Morgan fingerprint density at radius 3 is 2.18 bits per heavy atom. The van der Waals surface area contributed by atoms with Gasteiger partial charge in [-0.2, -0.15) is 0 Å². The molecule has 10 nitrogen and oxygen atoms in total. The van der Waals surface area contributed by atoms with Gasteiger partial charge >= 0.3 is 0 Å². The fourth-order valence-electron chi connectivity index (χ4n) is 4.96. The second kappa shape index (κ2) is 12.9. The molecule has 0 unspecified atom stereocenters. The van der Waals surface area contributed by atoms with Crippen molar-refractivity contribution in [2.45, 2.75) is 102 Å². The van der Waals surface area contributed by atoms with Crippen LogP contribution in [0.2, 0.25) is 0 Å². The number of hydrogen-bond donors (Lipinski definition) is 4. The van der Waals surface area contributed by atoms with E-state index in [0.29, 0.717) is 24.7 Å². The first kappa shape index (κ1) is 30.6. The molecule has 3 rings (SSSR count). The monoisotopic (exact) mass is 545 g/mol. The molecule has 0 radical (unpaired) electrons. The van der Waals surface area contributed by atoms with Crippen molar-refractivity contribution in [3.63, 3.8) is 0 Å². The summed E-state index contributed by atoms with van der Waals surface area (Å²) in [5.74, 6) is -0.654. The molecule has 4 N–H and O–H groups in total. The number of aliphatic hydroxyl groups is 1. The van der Waals surface area contributed by atoms with Crippen LogP contribution in [0.5, 0.6) is 5.75 Å². The van der Waals surface area contributed by atoms with Gasteiger partial charge in [-0.25, -0.2) is 0 Å². The van der Waals surface area contributed by atoms with Crippen LogP contribution in [0.3, 0.4) is 0 Å². The van der Waals surface area contributed by atoms with Crippen molar-refractivity contribution >= 4 is 23.5 Å². The predicted octanol–water partition coefficient (Wildman–Crippen LogP) is 1.81. The molecular formula is C29H43N3O7. The van der Waals surface area contributed by atoms with Gasteiger partial charge in [0.25, 0.3) is 0 Å². The third-order valence-corrected chi connectivity index (χ3v) is 7.37. The first-order valence-electron chi connectivity index (χ1n) is 13.7. The molecule has 39 heavy (non-hydrogen) atoms. The summed E-state index contributed by atoms with van der Waals surface area (Å²) in [6.07, 6.45) is 4.80. The van der Waals surface area contributed by atoms with Crippen LogP contribution in [-0.2, 0) is 30.3 Å². The molecule has 4 atom stereocenters. The van der Waals surface area contributed by atoms with Crippen molar-refractivity contribution in [1.82, 2.24) is 16.0 Å². The number of epoxide rings is 1. The van der Waals surface area contributed by atoms with E-state index in [0.717, 1.165) is 31.2 Å². The van der Waals surface area contributed by atoms with Gasteiger partial charge in [-0.15, -0.1) is 0 Å². The highest BCUT2D eigenvalue weighted by atomic mass is 16.6. The molecular weight excluding hydrogens is 502 g/mol. The van der Waals surface area contributed by atoms with Crippen LogP contribution in [0.4, 0.5) is 0 Å². The Morgan fingerprint density at radius 1 is 1.05 bits per heavy atom. The molecule has 1 saturated heterocycles. The molecule has 0 aromatic heterocycles. The van der Waals surface area contributed by atoms with E-state index in [1.165, 1.54) is 20.8 Å². The zero-order valence-electron chi connectivity index (χ0n) is 23.7. The normalized spacial score (nSPS) is 21.4. The zero-order chi connectivity index (χ0) is 28.8. The van der Waals surface area contributed by atoms with Crippen molar-refractivity contribution in [3.8, 4) is 5.75 Å². The lowest BCUT2D eigenvalue weighted by Gasteiger charge is -2.27. The fraction of sp³-hybridized carbons (Fsp3) is 0.655. The SMILES string of the molecule is COc1ccc(C[C@H](NC(=O)[C@H](C)NC(=O)CC(C)(C)O)C(=O)N[C@@H](CC2CCCC2)C(=O)[C@@]2(C)CO2)cc1. The molecule has 1 aliphatic carbocycles. The maximum absolute atomic E-state index is 13.6. The van der Waals surface area contributed by atoms with Gasteiger partial charge in [0.1, 0.15) is 23.4 Å². The fourth-order valence-corrected chi connectivity index (χ4v) is 4.96. The van der Waals surface area contributed by atoms with Gasteiger partial charge in [0.2, 0.25) is 17.7 Å². The van der Waals surface area contributed by atoms with Crippen molar-refractivity contribution in [3.05, 3.63) is 29.8 Å². The van der Waals surface area contributed by atoms with E-state index in [1.807, 2.05) is 0 Å². The molecule has 2 fully saturated rings. The topological polar surface area (TPSA) is 146 Å². The number of ether oxygens (including phenoxy) is 2. The van der Waals surface area contributed by atoms with E-state index in [9.17, 15) is 24.3 Å². The lowest BCUT2D eigenvalue weighted by atomic mass is 9.90. The maximum Gasteiger partial charge on any atom is 0.243 e. The first-order chi connectivity index (χ1) is 18.3. The largest absolute Gasteiger partial charge is 0.497 e. The minimum Gasteiger partial charge on any atom is -0.497 e. The number of Topliss-reactive ketones (excluding diaryl/α,β-unsaturated/α-hetero) is 1. The van der Waals surface area contributed by atoms with Gasteiger partial charge in [0.15, 0.2) is 5.78 Å². The number of methoxy groups -OCH3 is 1. The van der Waals surface area contributed by atoms with Crippen molar-refractivity contribution in [2.75, 3.05) is 13.7 Å². The first-order valence-corrected chi connectivity index (χ1v) is 13.7. The molecule has 10 heteroatoms. The molecule has 1 aromatic rings. The van der Waals surface area contributed by atoms with Crippen LogP contribution in [0, 0.1) is 5.92 Å². The summed E-state index contributed by atoms with van der Waals surface area (Å²) >= 11 is 0.